The van der Waals surface area contributed by atoms with Crippen LogP contribution in [0.1, 0.15) is 92.2 Å². The Bertz CT molecular complexity index is 2370. The number of ether oxygens (including phenoxy) is 2. The average Bonchev–Trinajstić information content (AvgIpc) is 3.99. The number of methoxy groups -OCH3 is 2. The lowest BCUT2D eigenvalue weighted by molar-refractivity contribution is -0.130. The largest absolute Gasteiger partial charge is 0.503 e. The second-order valence-electron chi connectivity index (χ2n) is 13.8. The number of rotatable bonds is 13. The number of carbonyl (C=O) groups excluding carboxylic acids is 5. The highest BCUT2D eigenvalue weighted by molar-refractivity contribution is 6.15. The molecule has 2 aliphatic rings. The molecule has 0 spiro atoms. The number of hydrogen-bond acceptors (Lipinski definition) is 11. The van der Waals surface area contributed by atoms with Crippen molar-refractivity contribution in [2.75, 3.05) is 27.3 Å². The number of nitrogens with zero attached hydrogens (tertiary/aromatic N) is 2. The maximum Gasteiger partial charge on any atom is 0.338 e. The van der Waals surface area contributed by atoms with Crippen LogP contribution < -0.4 is 0 Å². The van der Waals surface area contributed by atoms with Gasteiger partial charge in [-0.3, -0.25) is 19.2 Å². The molecule has 0 atom stereocenters. The molecule has 4 aromatic rings. The van der Waals surface area contributed by atoms with Crippen LogP contribution in [0.3, 0.4) is 0 Å². The molecule has 0 radical (unpaired) electrons. The first-order chi connectivity index (χ1) is 27.4. The first kappa shape index (κ1) is 42.3. The fourth-order valence-corrected chi connectivity index (χ4v) is 6.32. The van der Waals surface area contributed by atoms with E-state index in [2.05, 4.69) is 4.74 Å². The van der Waals surface area contributed by atoms with E-state index in [1.807, 2.05) is 13.8 Å². The number of esters is 1. The molecular formula is C42H40F2N2O12. The van der Waals surface area contributed by atoms with Gasteiger partial charge in [0.1, 0.15) is 23.2 Å². The maximum absolute atomic E-state index is 13.5. The second kappa shape index (κ2) is 17.5. The maximum atomic E-state index is 13.5. The second-order valence-corrected chi connectivity index (χ2v) is 13.8. The normalized spacial score (nSPS) is 14.1. The SMILES string of the molecule is COC(=O)c1cc(F)ccc1Cc1ccc(C(=O)C2=C(O)C(=O)N(C(C)C)C2)o1.COC1=C(C(=O)c2ccc(Cc3ccc(F)cc3C(=O)O)o2)CN(C(C)C)C1=O. The minimum Gasteiger partial charge on any atom is -0.503 e. The lowest BCUT2D eigenvalue weighted by Crippen LogP contribution is -2.34. The number of halogens is 2. The Balaban J connectivity index is 0.000000221. The highest BCUT2D eigenvalue weighted by Gasteiger charge is 2.38. The van der Waals surface area contributed by atoms with Crippen molar-refractivity contribution in [3.8, 4) is 0 Å². The minimum atomic E-state index is -1.25. The van der Waals surface area contributed by atoms with E-state index in [-0.39, 0.29) is 83.5 Å². The molecule has 0 unspecified atom stereocenters. The minimum absolute atomic E-state index is 0.00164. The summed E-state index contributed by atoms with van der Waals surface area (Å²) in [6.45, 7) is 7.37. The number of hydrogen-bond donors (Lipinski definition) is 2. The molecule has 0 saturated heterocycles. The van der Waals surface area contributed by atoms with Crippen LogP contribution in [0.4, 0.5) is 8.78 Å². The van der Waals surface area contributed by atoms with Crippen molar-refractivity contribution in [2.24, 2.45) is 0 Å². The Morgan fingerprint density at radius 1 is 0.707 bits per heavy atom. The van der Waals surface area contributed by atoms with Gasteiger partial charge < -0.3 is 38.3 Å². The number of ketones is 2. The number of benzene rings is 2. The summed E-state index contributed by atoms with van der Waals surface area (Å²) in [4.78, 5) is 76.1. The summed E-state index contributed by atoms with van der Waals surface area (Å²) in [5.41, 5.74) is 0.891. The molecule has 2 N–H and O–H groups in total. The predicted molar refractivity (Wildman–Crippen MR) is 200 cm³/mol. The zero-order valence-electron chi connectivity index (χ0n) is 32.4. The fraction of sp³-hybridized carbons (Fsp3) is 0.286. The average molecular weight is 803 g/mol. The lowest BCUT2D eigenvalue weighted by Gasteiger charge is -2.20. The number of aliphatic hydroxyl groups is 1. The fourth-order valence-electron chi connectivity index (χ4n) is 6.32. The molecule has 6 rings (SSSR count). The molecule has 2 amide bonds. The molecule has 14 nitrogen and oxygen atoms in total. The van der Waals surface area contributed by atoms with Gasteiger partial charge in [-0.15, -0.1) is 0 Å². The van der Waals surface area contributed by atoms with Crippen LogP contribution in [-0.4, -0.2) is 94.7 Å². The van der Waals surface area contributed by atoms with Crippen LogP contribution in [0.25, 0.3) is 0 Å². The van der Waals surface area contributed by atoms with Gasteiger partial charge in [0, 0.05) is 24.9 Å². The van der Waals surface area contributed by atoms with Crippen LogP contribution in [0, 0.1) is 11.6 Å². The third-order valence-electron chi connectivity index (χ3n) is 9.41. The molecule has 0 bridgehead atoms. The number of amides is 2. The molecule has 304 valence electrons. The Morgan fingerprint density at radius 3 is 1.64 bits per heavy atom. The molecule has 0 fully saturated rings. The molecule has 2 aromatic carbocycles. The number of furan rings is 2. The Labute approximate surface area is 330 Å². The van der Waals surface area contributed by atoms with Crippen molar-refractivity contribution >= 4 is 35.3 Å². The van der Waals surface area contributed by atoms with E-state index in [1.165, 1.54) is 54.4 Å². The van der Waals surface area contributed by atoms with E-state index in [0.29, 0.717) is 22.6 Å². The predicted octanol–water partition coefficient (Wildman–Crippen LogP) is 6.08. The summed E-state index contributed by atoms with van der Waals surface area (Å²) in [7, 11) is 2.53. The van der Waals surface area contributed by atoms with Crippen molar-refractivity contribution in [3.05, 3.63) is 140 Å². The van der Waals surface area contributed by atoms with Gasteiger partial charge in [-0.2, -0.15) is 0 Å². The highest BCUT2D eigenvalue weighted by atomic mass is 19.1. The Kier molecular flexibility index (Phi) is 12.8. The van der Waals surface area contributed by atoms with Crippen molar-refractivity contribution < 1.29 is 66.1 Å². The standard InChI is InChI=1S/2C21H20FNO6/c1-11(2)23-10-16(19(28-3)20(23)25)18(24)17-7-6-14(29-17)8-12-4-5-13(22)9-15(12)21(26)27;1-11(2)23-10-16(19(25)20(23)26)18(24)17-7-6-14(29-17)8-12-4-5-13(22)9-15(12)21(27)28-3/h4-7,9,11H,8,10H2,1-3H3,(H,26,27);4-7,9,11,25H,8,10H2,1-3H3. The number of aromatic carboxylic acids is 1. The molecule has 2 aliphatic heterocycles. The van der Waals surface area contributed by atoms with Crippen LogP contribution >= 0.6 is 0 Å². The van der Waals surface area contributed by atoms with E-state index in [1.54, 1.807) is 26.0 Å². The smallest absolute Gasteiger partial charge is 0.338 e. The van der Waals surface area contributed by atoms with E-state index in [4.69, 9.17) is 13.6 Å². The molecule has 0 aliphatic carbocycles. The van der Waals surface area contributed by atoms with E-state index in [0.717, 1.165) is 18.2 Å². The van der Waals surface area contributed by atoms with Crippen molar-refractivity contribution in [2.45, 2.75) is 52.6 Å². The summed E-state index contributed by atoms with van der Waals surface area (Å²) in [6.07, 6.45) is 0.197. The summed E-state index contributed by atoms with van der Waals surface area (Å²) in [5.74, 6) is -5.08. The molecule has 58 heavy (non-hydrogen) atoms. The number of Topliss-reactive ketones (excluding diaryl/α,β-unsaturated/α-hetero) is 2. The van der Waals surface area contributed by atoms with Crippen LogP contribution in [0.15, 0.2) is 92.2 Å². The van der Waals surface area contributed by atoms with Gasteiger partial charge in [-0.25, -0.2) is 18.4 Å². The third kappa shape index (κ3) is 8.90. The summed E-state index contributed by atoms with van der Waals surface area (Å²) >= 11 is 0. The van der Waals surface area contributed by atoms with E-state index in [9.17, 15) is 47.8 Å². The summed E-state index contributed by atoms with van der Waals surface area (Å²) in [6, 6.07) is 12.9. The van der Waals surface area contributed by atoms with Gasteiger partial charge in [0.2, 0.25) is 11.6 Å². The van der Waals surface area contributed by atoms with Crippen LogP contribution in [0.2, 0.25) is 0 Å². The van der Waals surface area contributed by atoms with Crippen molar-refractivity contribution in [3.63, 3.8) is 0 Å². The number of carboxylic acid groups (broad SMARTS) is 1. The number of carboxylic acids is 1. The first-order valence-electron chi connectivity index (χ1n) is 17.9. The van der Waals surface area contributed by atoms with E-state index < -0.39 is 46.8 Å². The molecule has 2 aromatic heterocycles. The number of aliphatic hydroxyl groups excluding tert-OH is 1. The van der Waals surface area contributed by atoms with Crippen LogP contribution in [0.5, 0.6) is 0 Å². The van der Waals surface area contributed by atoms with Gasteiger partial charge in [0.25, 0.3) is 11.8 Å². The Morgan fingerprint density at radius 2 is 1.17 bits per heavy atom. The molecule has 4 heterocycles. The highest BCUT2D eigenvalue weighted by Crippen LogP contribution is 2.28. The zero-order chi connectivity index (χ0) is 42.6. The quantitative estimate of drug-likeness (QED) is 0.117. The third-order valence-corrected chi connectivity index (χ3v) is 9.41. The van der Waals surface area contributed by atoms with Gasteiger partial charge in [-0.1, -0.05) is 12.1 Å². The Hall–Kier alpha value is -6.84. The monoisotopic (exact) mass is 802 g/mol. The van der Waals surface area contributed by atoms with Gasteiger partial charge >= 0.3 is 11.9 Å². The van der Waals surface area contributed by atoms with Gasteiger partial charge in [-0.05, 0) is 87.4 Å². The van der Waals surface area contributed by atoms with Crippen molar-refractivity contribution in [1.82, 2.24) is 9.80 Å². The summed E-state index contributed by atoms with van der Waals surface area (Å²) in [5, 5.41) is 19.3. The summed E-state index contributed by atoms with van der Waals surface area (Å²) < 4.78 is 47.8. The van der Waals surface area contributed by atoms with Crippen LogP contribution in [-0.2, 0) is 31.9 Å². The molecule has 16 heteroatoms. The van der Waals surface area contributed by atoms with Gasteiger partial charge in [0.05, 0.1) is 49.6 Å². The van der Waals surface area contributed by atoms with Crippen molar-refractivity contribution in [1.29, 1.82) is 0 Å². The lowest BCUT2D eigenvalue weighted by atomic mass is 10.0. The van der Waals surface area contributed by atoms with Gasteiger partial charge in [0.15, 0.2) is 23.0 Å². The molecule has 0 saturated carbocycles. The number of carbonyl (C=O) groups is 6. The topological polar surface area (TPSA) is 194 Å². The first-order valence-corrected chi connectivity index (χ1v) is 17.9. The van der Waals surface area contributed by atoms with E-state index >= 15 is 0 Å². The zero-order valence-corrected chi connectivity index (χ0v) is 32.4. The molecular weight excluding hydrogens is 762 g/mol.